The second-order valence-corrected chi connectivity index (χ2v) is 1.94. The van der Waals surface area contributed by atoms with E-state index in [-0.39, 0.29) is 0 Å². The van der Waals surface area contributed by atoms with Crippen molar-refractivity contribution in [2.24, 2.45) is 0 Å². The lowest BCUT2D eigenvalue weighted by atomic mass is 10.3. The van der Waals surface area contributed by atoms with Crippen molar-refractivity contribution in [1.29, 1.82) is 0 Å². The Hall–Kier alpha value is -1.14. The second kappa shape index (κ2) is 3.89. The quantitative estimate of drug-likeness (QED) is 0.356. The highest BCUT2D eigenvalue weighted by Gasteiger charge is 2.17. The summed E-state index contributed by atoms with van der Waals surface area (Å²) < 4.78 is 0. The van der Waals surface area contributed by atoms with Crippen molar-refractivity contribution >= 4 is 11.9 Å². The van der Waals surface area contributed by atoms with Crippen LogP contribution in [-0.4, -0.2) is 39.5 Å². The minimum atomic E-state index is -2.17. The molecule has 0 spiro atoms. The first-order chi connectivity index (χ1) is 4.95. The minimum Gasteiger partial charge on any atom is -0.480 e. The molecule has 6 heteroatoms. The molecule has 64 valence electrons. The smallest absolute Gasteiger partial charge is 0.325 e. The topological polar surface area (TPSA) is 107 Å². The summed E-state index contributed by atoms with van der Waals surface area (Å²) in [5.74, 6) is -2.36. The van der Waals surface area contributed by atoms with Crippen LogP contribution in [-0.2, 0) is 9.59 Å². The van der Waals surface area contributed by atoms with Gasteiger partial charge in [-0.15, -0.1) is 0 Å². The number of carboxylic acids is 1. The van der Waals surface area contributed by atoms with Crippen LogP contribution in [0.5, 0.6) is 0 Å². The fourth-order valence-electron chi connectivity index (χ4n) is 0.350. The second-order valence-electron chi connectivity index (χ2n) is 1.94. The molecule has 11 heavy (non-hydrogen) atoms. The molecule has 0 aliphatic rings. The van der Waals surface area contributed by atoms with Gasteiger partial charge in [-0.3, -0.25) is 9.59 Å². The molecule has 0 fully saturated rings. The van der Waals surface area contributed by atoms with Crippen molar-refractivity contribution in [3.63, 3.8) is 0 Å². The summed E-state index contributed by atoms with van der Waals surface area (Å²) in [6.45, 7) is 1.21. The fourth-order valence-corrected chi connectivity index (χ4v) is 0.350. The molecular formula is C5H9NO5. The van der Waals surface area contributed by atoms with E-state index in [1.165, 1.54) is 6.92 Å². The van der Waals surface area contributed by atoms with Crippen LogP contribution in [0.1, 0.15) is 6.92 Å². The predicted molar refractivity (Wildman–Crippen MR) is 33.5 cm³/mol. The first-order valence-electron chi connectivity index (χ1n) is 2.84. The van der Waals surface area contributed by atoms with Gasteiger partial charge in [0.15, 0.2) is 0 Å². The van der Waals surface area contributed by atoms with Crippen LogP contribution in [0.4, 0.5) is 0 Å². The van der Waals surface area contributed by atoms with Gasteiger partial charge in [0, 0.05) is 0 Å². The van der Waals surface area contributed by atoms with Gasteiger partial charge in [0.25, 0.3) is 5.91 Å². The Labute approximate surface area is 62.5 Å². The summed E-state index contributed by atoms with van der Waals surface area (Å²) in [5, 5.41) is 26.5. The van der Waals surface area contributed by atoms with E-state index in [1.807, 2.05) is 5.32 Å². The van der Waals surface area contributed by atoms with Crippen molar-refractivity contribution in [1.82, 2.24) is 5.32 Å². The van der Waals surface area contributed by atoms with Gasteiger partial charge in [-0.1, -0.05) is 0 Å². The molecule has 0 saturated heterocycles. The van der Waals surface area contributed by atoms with Gasteiger partial charge in [0.1, 0.15) is 6.04 Å². The van der Waals surface area contributed by atoms with E-state index in [1.54, 1.807) is 0 Å². The average molecular weight is 163 g/mol. The number of carboxylic acid groups (broad SMARTS) is 1. The molecule has 0 aromatic heterocycles. The van der Waals surface area contributed by atoms with Gasteiger partial charge >= 0.3 is 5.97 Å². The Balaban J connectivity index is 3.85. The standard InChI is InChI=1S/C5H9NO5/c1-2(4(8)9)6-3(7)5(10)11/h2,5,10-11H,1H3,(H,6,7)(H,8,9)/t2-/m0/s1. The maximum Gasteiger partial charge on any atom is 0.325 e. The highest BCUT2D eigenvalue weighted by atomic mass is 16.5. The Morgan fingerprint density at radius 3 is 2.09 bits per heavy atom. The summed E-state index contributed by atoms with van der Waals surface area (Å²) in [4.78, 5) is 20.5. The number of rotatable bonds is 3. The molecule has 0 bridgehead atoms. The van der Waals surface area contributed by atoms with Crippen molar-refractivity contribution in [3.05, 3.63) is 0 Å². The van der Waals surface area contributed by atoms with Crippen LogP contribution in [0.15, 0.2) is 0 Å². The summed E-state index contributed by atoms with van der Waals surface area (Å²) >= 11 is 0. The van der Waals surface area contributed by atoms with E-state index in [9.17, 15) is 9.59 Å². The molecular weight excluding hydrogens is 154 g/mol. The van der Waals surface area contributed by atoms with Crippen LogP contribution in [0.25, 0.3) is 0 Å². The molecule has 0 aliphatic carbocycles. The van der Waals surface area contributed by atoms with Gasteiger partial charge in [0.2, 0.25) is 6.29 Å². The Morgan fingerprint density at radius 2 is 1.82 bits per heavy atom. The lowest BCUT2D eigenvalue weighted by Crippen LogP contribution is -2.43. The number of hydrogen-bond donors (Lipinski definition) is 4. The summed E-state index contributed by atoms with van der Waals surface area (Å²) in [6, 6.07) is -1.12. The van der Waals surface area contributed by atoms with Crippen molar-refractivity contribution in [3.8, 4) is 0 Å². The van der Waals surface area contributed by atoms with E-state index in [4.69, 9.17) is 15.3 Å². The molecule has 0 saturated carbocycles. The zero-order valence-corrected chi connectivity index (χ0v) is 5.81. The largest absolute Gasteiger partial charge is 0.480 e. The molecule has 6 nitrogen and oxygen atoms in total. The third kappa shape index (κ3) is 3.54. The zero-order chi connectivity index (χ0) is 9.02. The normalized spacial score (nSPS) is 12.7. The van der Waals surface area contributed by atoms with Crippen LogP contribution >= 0.6 is 0 Å². The number of aliphatic hydroxyl groups excluding tert-OH is 1. The summed E-state index contributed by atoms with van der Waals surface area (Å²) in [7, 11) is 0. The lowest BCUT2D eigenvalue weighted by Gasteiger charge is -2.09. The maximum absolute atomic E-state index is 10.4. The third-order valence-electron chi connectivity index (χ3n) is 0.964. The molecule has 0 rings (SSSR count). The fraction of sp³-hybridized carbons (Fsp3) is 0.600. The van der Waals surface area contributed by atoms with E-state index < -0.39 is 24.2 Å². The first kappa shape index (κ1) is 9.86. The van der Waals surface area contributed by atoms with E-state index >= 15 is 0 Å². The number of carbonyl (C=O) groups is 2. The molecule has 0 aromatic carbocycles. The van der Waals surface area contributed by atoms with Crippen molar-refractivity contribution < 1.29 is 24.9 Å². The number of aliphatic hydroxyl groups is 2. The molecule has 0 aliphatic heterocycles. The molecule has 0 radical (unpaired) electrons. The predicted octanol–water partition coefficient (Wildman–Crippen LogP) is -2.11. The highest BCUT2D eigenvalue weighted by molar-refractivity contribution is 5.84. The Bertz CT molecular complexity index is 166. The maximum atomic E-state index is 10.4. The minimum absolute atomic E-state index is 1.12. The van der Waals surface area contributed by atoms with Gasteiger partial charge < -0.3 is 20.6 Å². The van der Waals surface area contributed by atoms with Crippen LogP contribution in [0, 0.1) is 0 Å². The van der Waals surface area contributed by atoms with E-state index in [0.717, 1.165) is 0 Å². The van der Waals surface area contributed by atoms with Crippen LogP contribution in [0.2, 0.25) is 0 Å². The summed E-state index contributed by atoms with van der Waals surface area (Å²) in [6.07, 6.45) is -2.17. The number of hydrogen-bond acceptors (Lipinski definition) is 4. The molecule has 1 amide bonds. The highest BCUT2D eigenvalue weighted by Crippen LogP contribution is 1.83. The van der Waals surface area contributed by atoms with Gasteiger partial charge in [-0.2, -0.15) is 0 Å². The average Bonchev–Trinajstić information content (AvgIpc) is 1.87. The molecule has 0 aromatic rings. The zero-order valence-electron chi connectivity index (χ0n) is 5.81. The van der Waals surface area contributed by atoms with Gasteiger partial charge in [-0.25, -0.2) is 0 Å². The first-order valence-corrected chi connectivity index (χ1v) is 2.84. The lowest BCUT2D eigenvalue weighted by molar-refractivity contribution is -0.151. The van der Waals surface area contributed by atoms with E-state index in [2.05, 4.69) is 0 Å². The summed E-state index contributed by atoms with van der Waals surface area (Å²) in [5.41, 5.74) is 0. The molecule has 0 heterocycles. The molecule has 0 unspecified atom stereocenters. The number of nitrogens with one attached hydrogen (secondary N) is 1. The van der Waals surface area contributed by atoms with Crippen molar-refractivity contribution in [2.75, 3.05) is 0 Å². The number of carbonyl (C=O) groups excluding carboxylic acids is 1. The molecule has 4 N–H and O–H groups in total. The monoisotopic (exact) mass is 163 g/mol. The van der Waals surface area contributed by atoms with Crippen LogP contribution in [0.3, 0.4) is 0 Å². The Morgan fingerprint density at radius 1 is 1.36 bits per heavy atom. The third-order valence-corrected chi connectivity index (χ3v) is 0.964. The van der Waals surface area contributed by atoms with Crippen LogP contribution < -0.4 is 5.32 Å². The van der Waals surface area contributed by atoms with Crippen molar-refractivity contribution in [2.45, 2.75) is 19.3 Å². The Kier molecular flexibility index (Phi) is 3.49. The van der Waals surface area contributed by atoms with E-state index in [0.29, 0.717) is 0 Å². The number of amides is 1. The SMILES string of the molecule is C[C@H](NC(=O)C(O)O)C(=O)O. The number of aliphatic carboxylic acids is 1. The molecule has 1 atom stereocenters. The van der Waals surface area contributed by atoms with Gasteiger partial charge in [0.05, 0.1) is 0 Å². The van der Waals surface area contributed by atoms with Gasteiger partial charge in [-0.05, 0) is 6.92 Å².